The Morgan fingerprint density at radius 1 is 1.44 bits per heavy atom. The molecular formula is C20H22F5N7OS. The lowest BCUT2D eigenvalue weighted by Gasteiger charge is -2.36. The first-order chi connectivity index (χ1) is 16.0. The number of halogens is 5. The van der Waals surface area contributed by atoms with Crippen LogP contribution in [0.1, 0.15) is 17.4 Å². The van der Waals surface area contributed by atoms with Crippen LogP contribution in [0.25, 0.3) is 10.6 Å². The Bertz CT molecular complexity index is 1070. The van der Waals surface area contributed by atoms with E-state index in [0.717, 1.165) is 18.3 Å². The normalized spacial score (nSPS) is 18.0. The van der Waals surface area contributed by atoms with Crippen LogP contribution in [0, 0.1) is 17.0 Å². The molecule has 2 unspecified atom stereocenters. The molecule has 2 aromatic rings. The quantitative estimate of drug-likeness (QED) is 0.275. The average Bonchev–Trinajstić information content (AvgIpc) is 3.13. The van der Waals surface area contributed by atoms with Gasteiger partial charge in [-0.05, 0) is 19.1 Å². The summed E-state index contributed by atoms with van der Waals surface area (Å²) in [5.41, 5.74) is 5.03. The minimum atomic E-state index is -4.58. The van der Waals surface area contributed by atoms with Crippen LogP contribution in [0.2, 0.25) is 0 Å². The van der Waals surface area contributed by atoms with Crippen molar-refractivity contribution in [3.8, 4) is 10.6 Å². The minimum absolute atomic E-state index is 0.0562. The van der Waals surface area contributed by atoms with E-state index in [0.29, 0.717) is 31.0 Å². The second-order valence-corrected chi connectivity index (χ2v) is 8.57. The summed E-state index contributed by atoms with van der Waals surface area (Å²) >= 11 is 0.680. The second kappa shape index (κ2) is 10.4. The van der Waals surface area contributed by atoms with Crippen molar-refractivity contribution >= 4 is 34.3 Å². The van der Waals surface area contributed by atoms with E-state index in [1.807, 2.05) is 6.92 Å². The van der Waals surface area contributed by atoms with Crippen molar-refractivity contribution in [3.63, 3.8) is 0 Å². The molecule has 0 spiro atoms. The van der Waals surface area contributed by atoms with Crippen LogP contribution in [-0.2, 0) is 0 Å². The highest BCUT2D eigenvalue weighted by molar-refractivity contribution is 7.19. The van der Waals surface area contributed by atoms with Crippen molar-refractivity contribution in [3.05, 3.63) is 35.5 Å². The molecule has 0 radical (unpaired) electrons. The maximum atomic E-state index is 14.1. The van der Waals surface area contributed by atoms with Crippen LogP contribution < -0.4 is 16.4 Å². The standard InChI is InChI=1S/C20H22F5N7OS/c1-10-8-32(6-5-28-10)17(29-9-20(23,24)25)13(7-26)30-18(33)15-16(27)34-19(31-15)14-11(21)3-2-4-12(14)22/h2-4,7,10,13,26,28H,5-6,8-9,27H2,1H3,(H,30,33). The van der Waals surface area contributed by atoms with E-state index in [1.54, 1.807) is 4.90 Å². The monoisotopic (exact) mass is 503 g/mol. The number of thiazole rings is 1. The molecule has 1 fully saturated rings. The number of alkyl halides is 3. The summed E-state index contributed by atoms with van der Waals surface area (Å²) in [4.78, 5) is 22.0. The highest BCUT2D eigenvalue weighted by atomic mass is 32.1. The van der Waals surface area contributed by atoms with Gasteiger partial charge in [0.05, 0.1) is 5.56 Å². The number of nitrogens with zero attached hydrogens (tertiary/aromatic N) is 3. The Labute approximate surface area is 195 Å². The molecule has 2 heterocycles. The van der Waals surface area contributed by atoms with E-state index in [4.69, 9.17) is 11.1 Å². The first kappa shape index (κ1) is 25.5. The predicted molar refractivity (Wildman–Crippen MR) is 119 cm³/mol. The number of benzene rings is 1. The van der Waals surface area contributed by atoms with Gasteiger partial charge in [-0.3, -0.25) is 9.79 Å². The molecule has 1 aliphatic heterocycles. The molecule has 1 aromatic carbocycles. The molecule has 2 atom stereocenters. The van der Waals surface area contributed by atoms with Gasteiger partial charge in [0.25, 0.3) is 5.91 Å². The molecule has 1 aromatic heterocycles. The number of hydrogen-bond donors (Lipinski definition) is 4. The molecular weight excluding hydrogens is 481 g/mol. The number of rotatable bonds is 6. The zero-order valence-electron chi connectivity index (χ0n) is 17.9. The Morgan fingerprint density at radius 3 is 2.71 bits per heavy atom. The van der Waals surface area contributed by atoms with Gasteiger partial charge in [0, 0.05) is 31.9 Å². The number of nitrogens with two attached hydrogens (primary N) is 1. The van der Waals surface area contributed by atoms with E-state index in [2.05, 4.69) is 20.6 Å². The number of nitrogens with one attached hydrogen (secondary N) is 3. The van der Waals surface area contributed by atoms with Crippen LogP contribution in [0.4, 0.5) is 27.0 Å². The van der Waals surface area contributed by atoms with E-state index in [1.165, 1.54) is 6.07 Å². The van der Waals surface area contributed by atoms with Gasteiger partial charge >= 0.3 is 6.18 Å². The highest BCUT2D eigenvalue weighted by Gasteiger charge is 2.31. The minimum Gasteiger partial charge on any atom is -0.389 e. The van der Waals surface area contributed by atoms with Crippen LogP contribution in [0.15, 0.2) is 23.2 Å². The molecule has 1 amide bonds. The molecule has 184 valence electrons. The molecule has 14 heteroatoms. The highest BCUT2D eigenvalue weighted by Crippen LogP contribution is 2.33. The largest absolute Gasteiger partial charge is 0.408 e. The van der Waals surface area contributed by atoms with Gasteiger partial charge in [-0.1, -0.05) is 17.4 Å². The topological polar surface area (TPSA) is 119 Å². The van der Waals surface area contributed by atoms with Crippen LogP contribution in [0.5, 0.6) is 0 Å². The van der Waals surface area contributed by atoms with Crippen LogP contribution >= 0.6 is 11.3 Å². The summed E-state index contributed by atoms with van der Waals surface area (Å²) in [6, 6.07) is 1.86. The van der Waals surface area contributed by atoms with Gasteiger partial charge in [0.1, 0.15) is 40.1 Å². The maximum Gasteiger partial charge on any atom is 0.408 e. The second-order valence-electron chi connectivity index (χ2n) is 7.54. The Hall–Kier alpha value is -3.13. The summed E-state index contributed by atoms with van der Waals surface area (Å²) in [6.07, 6.45) is -3.83. The summed E-state index contributed by atoms with van der Waals surface area (Å²) in [5.74, 6) is -2.85. The lowest BCUT2D eigenvalue weighted by atomic mass is 10.1. The van der Waals surface area contributed by atoms with Crippen molar-refractivity contribution < 1.29 is 26.7 Å². The number of amidine groups is 1. The van der Waals surface area contributed by atoms with Crippen LogP contribution in [-0.4, -0.2) is 72.3 Å². The maximum absolute atomic E-state index is 14.1. The number of hydrogen-bond acceptors (Lipinski definition) is 7. The summed E-state index contributed by atoms with van der Waals surface area (Å²) in [7, 11) is 0. The number of amides is 1. The van der Waals surface area contributed by atoms with E-state index in [9.17, 15) is 26.7 Å². The summed E-state index contributed by atoms with van der Waals surface area (Å²) < 4.78 is 66.8. The number of aromatic nitrogens is 1. The Morgan fingerprint density at radius 2 is 2.12 bits per heavy atom. The zero-order valence-corrected chi connectivity index (χ0v) is 18.7. The smallest absolute Gasteiger partial charge is 0.389 e. The fraction of sp³-hybridized carbons (Fsp3) is 0.400. The Balaban J connectivity index is 1.88. The fourth-order valence-corrected chi connectivity index (χ4v) is 4.28. The molecule has 1 aliphatic rings. The van der Waals surface area contributed by atoms with Gasteiger partial charge in [-0.2, -0.15) is 13.2 Å². The van der Waals surface area contributed by atoms with Gasteiger partial charge in [-0.25, -0.2) is 13.8 Å². The fourth-order valence-electron chi connectivity index (χ4n) is 3.40. The van der Waals surface area contributed by atoms with Crippen molar-refractivity contribution in [1.82, 2.24) is 20.5 Å². The number of anilines is 1. The van der Waals surface area contributed by atoms with Crippen molar-refractivity contribution in [1.29, 1.82) is 5.41 Å². The molecule has 5 N–H and O–H groups in total. The SMILES string of the molecule is CC1CN(C(=NCC(F)(F)F)C(C=N)NC(=O)c2nc(-c3c(F)cccc3F)sc2N)CCN1. The summed E-state index contributed by atoms with van der Waals surface area (Å²) in [6.45, 7) is 1.45. The van der Waals surface area contributed by atoms with Gasteiger partial charge in [0.15, 0.2) is 5.69 Å². The van der Waals surface area contributed by atoms with Crippen molar-refractivity contribution in [2.75, 3.05) is 31.9 Å². The third kappa shape index (κ3) is 6.05. The first-order valence-corrected chi connectivity index (χ1v) is 10.9. The van der Waals surface area contributed by atoms with E-state index < -0.39 is 41.9 Å². The van der Waals surface area contributed by atoms with Gasteiger partial charge < -0.3 is 26.7 Å². The Kier molecular flexibility index (Phi) is 7.82. The number of carbonyl (C=O) groups excluding carboxylic acids is 1. The predicted octanol–water partition coefficient (Wildman–Crippen LogP) is 2.67. The molecule has 8 nitrogen and oxygen atoms in total. The number of piperazine rings is 1. The van der Waals surface area contributed by atoms with E-state index >= 15 is 0 Å². The van der Waals surface area contributed by atoms with Gasteiger partial charge in [0.2, 0.25) is 0 Å². The number of carbonyl (C=O) groups is 1. The first-order valence-electron chi connectivity index (χ1n) is 10.1. The van der Waals surface area contributed by atoms with Crippen molar-refractivity contribution in [2.45, 2.75) is 25.2 Å². The zero-order chi connectivity index (χ0) is 25.0. The van der Waals surface area contributed by atoms with Gasteiger partial charge in [-0.15, -0.1) is 0 Å². The lowest BCUT2D eigenvalue weighted by Crippen LogP contribution is -2.57. The van der Waals surface area contributed by atoms with Crippen LogP contribution in [0.3, 0.4) is 0 Å². The summed E-state index contributed by atoms with van der Waals surface area (Å²) in [5, 5.41) is 12.9. The average molecular weight is 504 g/mol. The lowest BCUT2D eigenvalue weighted by molar-refractivity contribution is -0.118. The molecule has 1 saturated heterocycles. The molecule has 0 saturated carbocycles. The number of nitrogen functional groups attached to an aromatic ring is 1. The molecule has 0 bridgehead atoms. The molecule has 34 heavy (non-hydrogen) atoms. The number of aliphatic imine (C=N–C) groups is 1. The van der Waals surface area contributed by atoms with Crippen molar-refractivity contribution in [2.24, 2.45) is 4.99 Å². The van der Waals surface area contributed by atoms with E-state index in [-0.39, 0.29) is 27.6 Å². The molecule has 3 rings (SSSR count). The molecule has 0 aliphatic carbocycles. The third-order valence-corrected chi connectivity index (χ3v) is 5.79. The third-order valence-electron chi connectivity index (χ3n) is 4.89.